The highest BCUT2D eigenvalue weighted by Crippen LogP contribution is 2.42. The molecule has 2 N–H and O–H groups in total. The highest BCUT2D eigenvalue weighted by Gasteiger charge is 2.26. The molecule has 110 valence electrons. The average molecular weight is 283 g/mol. The number of hydrogen-bond donors (Lipinski definition) is 1. The monoisotopic (exact) mass is 283 g/mol. The third-order valence-corrected chi connectivity index (χ3v) is 4.67. The zero-order chi connectivity index (χ0) is 15.0. The van der Waals surface area contributed by atoms with Gasteiger partial charge in [-0.05, 0) is 47.6 Å². The normalized spacial score (nSPS) is 18.5. The molecule has 3 heteroatoms. The minimum absolute atomic E-state index is 0.0857. The van der Waals surface area contributed by atoms with Crippen LogP contribution in [0.15, 0.2) is 30.3 Å². The molecule has 3 rings (SSSR count). The number of carbonyl (C=O) groups is 1. The van der Waals surface area contributed by atoms with E-state index in [4.69, 9.17) is 10.5 Å². The van der Waals surface area contributed by atoms with Crippen LogP contribution in [-0.4, -0.2) is 13.0 Å². The lowest BCUT2D eigenvalue weighted by Gasteiger charge is -2.28. The van der Waals surface area contributed by atoms with Crippen molar-refractivity contribution in [3.63, 3.8) is 0 Å². The Morgan fingerprint density at radius 1 is 1.38 bits per heavy atom. The molecule has 0 aliphatic heterocycles. The predicted octanol–water partition coefficient (Wildman–Crippen LogP) is 3.39. The summed E-state index contributed by atoms with van der Waals surface area (Å²) < 4.78 is 5.51. The zero-order valence-corrected chi connectivity index (χ0v) is 12.6. The van der Waals surface area contributed by atoms with Crippen LogP contribution in [0.25, 0.3) is 10.8 Å². The summed E-state index contributed by atoms with van der Waals surface area (Å²) in [5.74, 6) is 1.07. The Morgan fingerprint density at radius 2 is 2.19 bits per heavy atom. The Labute approximate surface area is 125 Å². The summed E-state index contributed by atoms with van der Waals surface area (Å²) in [4.78, 5) is 11.4. The standard InChI is InChI=1S/C18H21NO2/c1-11(18(19)20)10-13-6-8-15-16(21-2)9-7-12-4-3-5-14(13)17(12)15/h3-5,7,9,11,13H,6,8,10H2,1-2H3,(H2,19,20). The molecule has 0 fully saturated rings. The number of methoxy groups -OCH3 is 1. The summed E-state index contributed by atoms with van der Waals surface area (Å²) in [7, 11) is 1.72. The first kappa shape index (κ1) is 13.9. The molecule has 1 aliphatic carbocycles. The molecule has 0 bridgehead atoms. The van der Waals surface area contributed by atoms with Crippen molar-refractivity contribution in [3.8, 4) is 5.75 Å². The number of nitrogens with two attached hydrogens (primary N) is 1. The minimum Gasteiger partial charge on any atom is -0.496 e. The Balaban J connectivity index is 2.09. The molecule has 3 nitrogen and oxygen atoms in total. The summed E-state index contributed by atoms with van der Waals surface area (Å²) in [5.41, 5.74) is 8.07. The van der Waals surface area contributed by atoms with E-state index in [0.29, 0.717) is 5.92 Å². The van der Waals surface area contributed by atoms with Crippen molar-refractivity contribution >= 4 is 16.7 Å². The van der Waals surface area contributed by atoms with Gasteiger partial charge in [0, 0.05) is 11.5 Å². The summed E-state index contributed by atoms with van der Waals surface area (Å²) in [6.07, 6.45) is 2.86. The fraction of sp³-hybridized carbons (Fsp3) is 0.389. The molecule has 0 radical (unpaired) electrons. The molecule has 2 unspecified atom stereocenters. The van der Waals surface area contributed by atoms with Crippen molar-refractivity contribution in [1.82, 2.24) is 0 Å². The molecule has 1 amide bonds. The average Bonchev–Trinajstić information content (AvgIpc) is 2.50. The van der Waals surface area contributed by atoms with Crippen molar-refractivity contribution in [2.75, 3.05) is 7.11 Å². The molecule has 0 heterocycles. The summed E-state index contributed by atoms with van der Waals surface area (Å²) in [5, 5.41) is 2.56. The number of primary amides is 1. The van der Waals surface area contributed by atoms with E-state index in [9.17, 15) is 4.79 Å². The number of hydrogen-bond acceptors (Lipinski definition) is 2. The first-order chi connectivity index (χ1) is 10.1. The van der Waals surface area contributed by atoms with Crippen LogP contribution in [0.3, 0.4) is 0 Å². The predicted molar refractivity (Wildman–Crippen MR) is 84.5 cm³/mol. The van der Waals surface area contributed by atoms with Crippen LogP contribution >= 0.6 is 0 Å². The van der Waals surface area contributed by atoms with Gasteiger partial charge in [0.2, 0.25) is 5.91 Å². The largest absolute Gasteiger partial charge is 0.496 e. The van der Waals surface area contributed by atoms with E-state index >= 15 is 0 Å². The maximum atomic E-state index is 11.4. The van der Waals surface area contributed by atoms with Gasteiger partial charge >= 0.3 is 0 Å². The minimum atomic E-state index is -0.210. The fourth-order valence-corrected chi connectivity index (χ4v) is 3.51. The van der Waals surface area contributed by atoms with Gasteiger partial charge in [-0.25, -0.2) is 0 Å². The maximum absolute atomic E-state index is 11.4. The van der Waals surface area contributed by atoms with Gasteiger partial charge in [0.15, 0.2) is 0 Å². The van der Waals surface area contributed by atoms with Crippen molar-refractivity contribution < 1.29 is 9.53 Å². The number of aryl methyl sites for hydroxylation is 1. The van der Waals surface area contributed by atoms with Crippen LogP contribution in [0.1, 0.15) is 36.8 Å². The van der Waals surface area contributed by atoms with E-state index in [1.807, 2.05) is 13.0 Å². The number of carbonyl (C=O) groups excluding carboxylic acids is 1. The van der Waals surface area contributed by atoms with Crippen LogP contribution in [0.5, 0.6) is 5.75 Å². The molecule has 2 aromatic rings. The van der Waals surface area contributed by atoms with E-state index in [2.05, 4.69) is 24.3 Å². The molecule has 0 spiro atoms. The number of ether oxygens (including phenoxy) is 1. The molecule has 21 heavy (non-hydrogen) atoms. The highest BCUT2D eigenvalue weighted by atomic mass is 16.5. The number of amides is 1. The van der Waals surface area contributed by atoms with Gasteiger partial charge in [-0.2, -0.15) is 0 Å². The third kappa shape index (κ3) is 2.37. The van der Waals surface area contributed by atoms with Crippen LogP contribution in [0.4, 0.5) is 0 Å². The van der Waals surface area contributed by atoms with Crippen molar-refractivity contribution in [1.29, 1.82) is 0 Å². The zero-order valence-electron chi connectivity index (χ0n) is 12.6. The second-order valence-electron chi connectivity index (χ2n) is 5.97. The molecular formula is C18H21NO2. The van der Waals surface area contributed by atoms with Gasteiger partial charge < -0.3 is 10.5 Å². The van der Waals surface area contributed by atoms with E-state index in [-0.39, 0.29) is 11.8 Å². The van der Waals surface area contributed by atoms with Gasteiger partial charge in [-0.1, -0.05) is 31.2 Å². The topological polar surface area (TPSA) is 52.3 Å². The molecule has 0 saturated heterocycles. The molecule has 0 aromatic heterocycles. The van der Waals surface area contributed by atoms with Gasteiger partial charge in [0.1, 0.15) is 5.75 Å². The lowest BCUT2D eigenvalue weighted by molar-refractivity contribution is -0.121. The summed E-state index contributed by atoms with van der Waals surface area (Å²) in [6.45, 7) is 1.92. The van der Waals surface area contributed by atoms with Crippen molar-refractivity contribution in [2.45, 2.75) is 32.1 Å². The smallest absolute Gasteiger partial charge is 0.220 e. The molecule has 2 atom stereocenters. The molecule has 0 saturated carbocycles. The Morgan fingerprint density at radius 3 is 2.90 bits per heavy atom. The highest BCUT2D eigenvalue weighted by molar-refractivity contribution is 5.92. The van der Waals surface area contributed by atoms with Crippen molar-refractivity contribution in [2.24, 2.45) is 11.7 Å². The van der Waals surface area contributed by atoms with Crippen LogP contribution in [0.2, 0.25) is 0 Å². The van der Waals surface area contributed by atoms with Crippen LogP contribution < -0.4 is 10.5 Å². The molecule has 2 aromatic carbocycles. The van der Waals surface area contributed by atoms with E-state index in [0.717, 1.165) is 25.0 Å². The van der Waals surface area contributed by atoms with Gasteiger partial charge in [-0.3, -0.25) is 4.79 Å². The second-order valence-corrected chi connectivity index (χ2v) is 5.97. The van der Waals surface area contributed by atoms with E-state index in [1.165, 1.54) is 21.9 Å². The van der Waals surface area contributed by atoms with Gasteiger partial charge in [0.05, 0.1) is 7.11 Å². The lowest BCUT2D eigenvalue weighted by Crippen LogP contribution is -2.23. The summed E-state index contributed by atoms with van der Waals surface area (Å²) >= 11 is 0. The first-order valence-electron chi connectivity index (χ1n) is 7.49. The molecular weight excluding hydrogens is 262 g/mol. The third-order valence-electron chi connectivity index (χ3n) is 4.67. The summed E-state index contributed by atoms with van der Waals surface area (Å²) in [6, 6.07) is 10.6. The fourth-order valence-electron chi connectivity index (χ4n) is 3.51. The number of rotatable bonds is 4. The molecule has 1 aliphatic rings. The number of benzene rings is 2. The van der Waals surface area contributed by atoms with Crippen LogP contribution in [-0.2, 0) is 11.2 Å². The first-order valence-corrected chi connectivity index (χ1v) is 7.49. The second kappa shape index (κ2) is 5.40. The Hall–Kier alpha value is -2.03. The van der Waals surface area contributed by atoms with E-state index < -0.39 is 0 Å². The SMILES string of the molecule is COc1ccc2cccc3c2c1CCC3CC(C)C(N)=O. The van der Waals surface area contributed by atoms with Crippen LogP contribution in [0, 0.1) is 5.92 Å². The van der Waals surface area contributed by atoms with Gasteiger partial charge in [0.25, 0.3) is 0 Å². The Bertz CT molecular complexity index is 693. The van der Waals surface area contributed by atoms with E-state index in [1.54, 1.807) is 7.11 Å². The quantitative estimate of drug-likeness (QED) is 0.935. The lowest BCUT2D eigenvalue weighted by atomic mass is 9.77. The maximum Gasteiger partial charge on any atom is 0.220 e. The van der Waals surface area contributed by atoms with Crippen molar-refractivity contribution in [3.05, 3.63) is 41.5 Å². The van der Waals surface area contributed by atoms with Gasteiger partial charge in [-0.15, -0.1) is 0 Å². The Kier molecular flexibility index (Phi) is 3.58.